The average Bonchev–Trinajstić information content (AvgIpc) is 3.73. The molecule has 6 rings (SSSR count). The Balaban J connectivity index is 0.000000211. The van der Waals surface area contributed by atoms with Crippen LogP contribution in [0.2, 0.25) is 0 Å². The number of nitrogens with one attached hydrogen (secondary N) is 2. The van der Waals surface area contributed by atoms with E-state index in [0.717, 1.165) is 35.1 Å². The zero-order valence-corrected chi connectivity index (χ0v) is 29.3. The van der Waals surface area contributed by atoms with Crippen LogP contribution in [0.1, 0.15) is 44.7 Å². The fourth-order valence-corrected chi connectivity index (χ4v) is 5.47. The molecule has 0 saturated carbocycles. The molecule has 0 radical (unpaired) electrons. The molecule has 0 aliphatic heterocycles. The maximum absolute atomic E-state index is 13.7. The zero-order valence-electron chi connectivity index (χ0n) is 28.5. The molecule has 2 amide bonds. The molecule has 0 spiro atoms. The molecule has 1 atom stereocenters. The Morgan fingerprint density at radius 1 is 0.673 bits per heavy atom. The number of rotatable bonds is 8. The Morgan fingerprint density at radius 2 is 1.05 bits per heavy atom. The van der Waals surface area contributed by atoms with Crippen molar-refractivity contribution in [1.29, 1.82) is 0 Å². The average molecular weight is 793 g/mol. The van der Waals surface area contributed by atoms with Crippen molar-refractivity contribution in [2.24, 2.45) is 14.1 Å². The van der Waals surface area contributed by atoms with Crippen LogP contribution in [-0.4, -0.2) is 31.4 Å². The number of benzene rings is 4. The van der Waals surface area contributed by atoms with Gasteiger partial charge in [-0.25, -0.2) is 30.7 Å². The van der Waals surface area contributed by atoms with E-state index in [1.807, 2.05) is 0 Å². The molecule has 4 aromatic carbocycles. The maximum Gasteiger partial charge on any atom is 0.289 e. The third kappa shape index (κ3) is 9.00. The first-order valence-electron chi connectivity index (χ1n) is 15.7. The Bertz CT molecular complexity index is 2360. The number of nitrogens with zero attached hydrogens (tertiary/aromatic N) is 4. The van der Waals surface area contributed by atoms with Crippen molar-refractivity contribution in [2.45, 2.75) is 18.5 Å². The lowest BCUT2D eigenvalue weighted by Gasteiger charge is -2.13. The van der Waals surface area contributed by atoms with Gasteiger partial charge in [-0.15, -0.1) is 0 Å². The molecule has 2 N–H and O–H groups in total. The molecule has 0 fully saturated rings. The first-order valence-corrected chi connectivity index (χ1v) is 16.1. The number of para-hydroxylation sites is 2. The Hall–Kier alpha value is -6.10. The van der Waals surface area contributed by atoms with Crippen molar-refractivity contribution in [2.75, 3.05) is 10.6 Å². The van der Waals surface area contributed by atoms with Crippen LogP contribution in [-0.2, 0) is 20.0 Å². The fourth-order valence-electron chi connectivity index (χ4n) is 5.31. The van der Waals surface area contributed by atoms with Gasteiger partial charge in [0.15, 0.2) is 34.9 Å². The molecule has 6 aromatic rings. The van der Waals surface area contributed by atoms with Crippen LogP contribution < -0.4 is 10.6 Å². The molecule has 286 valence electrons. The number of anilines is 2. The molecule has 18 heteroatoms. The summed E-state index contributed by atoms with van der Waals surface area (Å²) in [5.74, 6) is -13.6. The Kier molecular flexibility index (Phi) is 11.7. The van der Waals surface area contributed by atoms with Crippen LogP contribution in [0.3, 0.4) is 0 Å². The zero-order chi connectivity index (χ0) is 40.4. The highest BCUT2D eigenvalue weighted by Crippen LogP contribution is 2.34. The molecule has 1 unspecified atom stereocenters. The minimum absolute atomic E-state index is 0.0226. The fraction of sp³-hybridized carbons (Fsp3) is 0.135. The van der Waals surface area contributed by atoms with Gasteiger partial charge in [-0.05, 0) is 47.5 Å². The number of halogens is 10. The summed E-state index contributed by atoms with van der Waals surface area (Å²) >= 11 is 5.40. The summed E-state index contributed by atoms with van der Waals surface area (Å²) in [5, 5.41) is 12.4. The largest absolute Gasteiger partial charge is 0.321 e. The maximum atomic E-state index is 13.7. The van der Waals surface area contributed by atoms with Gasteiger partial charge in [-0.3, -0.25) is 19.0 Å². The van der Waals surface area contributed by atoms with Gasteiger partial charge in [-0.2, -0.15) is 19.0 Å². The topological polar surface area (TPSA) is 93.8 Å². The van der Waals surface area contributed by atoms with Gasteiger partial charge < -0.3 is 10.6 Å². The summed E-state index contributed by atoms with van der Waals surface area (Å²) in [7, 11) is 2.89. The second-order valence-corrected chi connectivity index (χ2v) is 12.2. The SMILES string of the molecule is Cn1cc(C(=O)Nc2ccccc2-c2cc(F)c(F)c(F)c2)c(C(C)(F)F)n1.Cn1cc(C(=O)Nc2ccccc2-c2cc(F)c(F)c(F)c2)c(C(F)Cl)n1. The molecule has 0 aliphatic rings. The predicted octanol–water partition coefficient (Wildman–Crippen LogP) is 9.83. The number of carbonyl (C=O) groups excluding carboxylic acids is 2. The van der Waals surface area contributed by atoms with Gasteiger partial charge in [0.2, 0.25) is 5.63 Å². The second kappa shape index (κ2) is 16.1. The molecule has 55 heavy (non-hydrogen) atoms. The van der Waals surface area contributed by atoms with Gasteiger partial charge in [-0.1, -0.05) is 48.0 Å². The van der Waals surface area contributed by atoms with Crippen LogP contribution in [0.5, 0.6) is 0 Å². The van der Waals surface area contributed by atoms with Crippen LogP contribution >= 0.6 is 11.6 Å². The summed E-state index contributed by atoms with van der Waals surface area (Å²) in [5.41, 5.74) is -2.67. The summed E-state index contributed by atoms with van der Waals surface area (Å²) < 4.78 is 124. The minimum Gasteiger partial charge on any atom is -0.321 e. The molecule has 8 nitrogen and oxygen atoms in total. The van der Waals surface area contributed by atoms with E-state index < -0.39 is 64.0 Å². The van der Waals surface area contributed by atoms with Gasteiger partial charge in [0.1, 0.15) is 11.4 Å². The third-order valence-electron chi connectivity index (χ3n) is 7.74. The first-order chi connectivity index (χ1) is 25.8. The minimum atomic E-state index is -3.35. The van der Waals surface area contributed by atoms with E-state index in [1.54, 1.807) is 18.2 Å². The molecular weight excluding hydrogens is 767 g/mol. The number of aryl methyl sites for hydroxylation is 2. The van der Waals surface area contributed by atoms with Gasteiger partial charge >= 0.3 is 0 Å². The predicted molar refractivity (Wildman–Crippen MR) is 185 cm³/mol. The summed E-state index contributed by atoms with van der Waals surface area (Å²) in [4.78, 5) is 25.1. The normalized spacial score (nSPS) is 11.8. The van der Waals surface area contributed by atoms with Crippen molar-refractivity contribution in [3.63, 3.8) is 0 Å². The highest BCUT2D eigenvalue weighted by atomic mass is 35.5. The number of aromatic nitrogens is 4. The van der Waals surface area contributed by atoms with Crippen molar-refractivity contribution in [1.82, 2.24) is 19.6 Å². The van der Waals surface area contributed by atoms with E-state index in [0.29, 0.717) is 6.92 Å². The van der Waals surface area contributed by atoms with Crippen molar-refractivity contribution in [3.05, 3.63) is 143 Å². The Labute approximate surface area is 311 Å². The first kappa shape index (κ1) is 40.1. The number of alkyl halides is 4. The number of carbonyl (C=O) groups is 2. The van der Waals surface area contributed by atoms with Crippen molar-refractivity contribution < 1.29 is 49.1 Å². The van der Waals surface area contributed by atoms with Gasteiger partial charge in [0, 0.05) is 55.9 Å². The third-order valence-corrected chi connectivity index (χ3v) is 7.94. The number of hydrogen-bond acceptors (Lipinski definition) is 4. The van der Waals surface area contributed by atoms with E-state index >= 15 is 0 Å². The van der Waals surface area contributed by atoms with Crippen LogP contribution in [0.15, 0.2) is 85.2 Å². The monoisotopic (exact) mass is 792 g/mol. The molecular formula is C37H26ClF9N6O2. The summed E-state index contributed by atoms with van der Waals surface area (Å²) in [6, 6.07) is 15.3. The Morgan fingerprint density at radius 3 is 1.47 bits per heavy atom. The van der Waals surface area contributed by atoms with E-state index in [4.69, 9.17) is 11.6 Å². The van der Waals surface area contributed by atoms with E-state index in [1.165, 1.54) is 55.3 Å². The molecule has 2 heterocycles. The van der Waals surface area contributed by atoms with Crippen LogP contribution in [0.4, 0.5) is 50.9 Å². The molecule has 0 aliphatic carbocycles. The molecule has 2 aromatic heterocycles. The van der Waals surface area contributed by atoms with Crippen LogP contribution in [0.25, 0.3) is 22.3 Å². The summed E-state index contributed by atoms with van der Waals surface area (Å²) in [6.45, 7) is 0.615. The van der Waals surface area contributed by atoms with Gasteiger partial charge in [0.25, 0.3) is 17.7 Å². The lowest BCUT2D eigenvalue weighted by atomic mass is 10.0. The highest BCUT2D eigenvalue weighted by molar-refractivity contribution is 6.20. The van der Waals surface area contributed by atoms with Crippen LogP contribution in [0, 0.1) is 34.9 Å². The van der Waals surface area contributed by atoms with E-state index in [-0.39, 0.29) is 50.4 Å². The number of amides is 2. The smallest absolute Gasteiger partial charge is 0.289 e. The number of hydrogen-bond donors (Lipinski definition) is 2. The highest BCUT2D eigenvalue weighted by Gasteiger charge is 2.34. The van der Waals surface area contributed by atoms with Crippen molar-refractivity contribution >= 4 is 34.8 Å². The molecule has 0 bridgehead atoms. The lowest BCUT2D eigenvalue weighted by molar-refractivity contribution is 0.0113. The lowest BCUT2D eigenvalue weighted by Crippen LogP contribution is -2.18. The van der Waals surface area contributed by atoms with E-state index in [2.05, 4.69) is 20.8 Å². The van der Waals surface area contributed by atoms with Gasteiger partial charge in [0.05, 0.1) is 11.1 Å². The molecule has 0 saturated heterocycles. The van der Waals surface area contributed by atoms with E-state index in [9.17, 15) is 49.1 Å². The van der Waals surface area contributed by atoms with Crippen molar-refractivity contribution in [3.8, 4) is 22.3 Å². The second-order valence-electron chi connectivity index (χ2n) is 11.9. The quantitative estimate of drug-likeness (QED) is 0.0912. The summed E-state index contributed by atoms with van der Waals surface area (Å²) in [6.07, 6.45) is 2.43. The standard InChI is InChI=1S/C19H14F5N3O.C18H12ClF4N3O/c1-19(23,24)17-12(9-27(2)26-17)18(28)25-15-6-4-3-5-11(15)10-7-13(20)16(22)14(21)8-10;1-26-8-11(16(25-26)17(19)23)18(27)24-14-5-3-2-4-10(14)9-6-12(20)15(22)13(21)7-9/h3-9H,1-2H3,(H,25,28);2-8,17H,1H3,(H,24,27).